The number of carbonyl (C=O) groups is 2. The minimum atomic E-state index is -0.457. The average Bonchev–Trinajstić information content (AvgIpc) is 3.48. The van der Waals surface area contributed by atoms with E-state index in [0.29, 0.717) is 5.69 Å². The highest BCUT2D eigenvalue weighted by atomic mass is 16.2. The quantitative estimate of drug-likeness (QED) is 0.356. The van der Waals surface area contributed by atoms with Gasteiger partial charge in [0, 0.05) is 29.6 Å². The first-order valence-electron chi connectivity index (χ1n) is 9.33. The molecule has 0 radical (unpaired) electrons. The molecule has 148 valence electrons. The molecule has 0 spiro atoms. The second-order valence-corrected chi connectivity index (χ2v) is 6.44. The standard InChI is InChI=1S/C23H19N5O2/c29-21(25-26-23(30)20-12-7-15-24-20)14-13-18-16-28(19-10-5-2-6-11-19)27-22(18)17-8-3-1-4-9-17/h1-16,24H,(H,25,29)(H,26,30). The number of carbonyl (C=O) groups excluding carboxylic acids is 2. The summed E-state index contributed by atoms with van der Waals surface area (Å²) in [5.74, 6) is -0.884. The van der Waals surface area contributed by atoms with Crippen LogP contribution in [0.15, 0.2) is 91.3 Å². The van der Waals surface area contributed by atoms with Gasteiger partial charge < -0.3 is 4.98 Å². The number of benzene rings is 2. The van der Waals surface area contributed by atoms with Crippen LogP contribution in [0.4, 0.5) is 0 Å². The number of H-pyrrole nitrogens is 1. The van der Waals surface area contributed by atoms with E-state index in [0.717, 1.165) is 22.5 Å². The molecule has 7 nitrogen and oxygen atoms in total. The van der Waals surface area contributed by atoms with Crippen LogP contribution >= 0.6 is 0 Å². The summed E-state index contributed by atoms with van der Waals surface area (Å²) >= 11 is 0. The summed E-state index contributed by atoms with van der Waals surface area (Å²) in [5.41, 5.74) is 8.45. The van der Waals surface area contributed by atoms with Gasteiger partial charge in [-0.1, -0.05) is 48.5 Å². The second-order valence-electron chi connectivity index (χ2n) is 6.44. The fourth-order valence-electron chi connectivity index (χ4n) is 2.91. The van der Waals surface area contributed by atoms with Gasteiger partial charge in [-0.3, -0.25) is 20.4 Å². The minimum Gasteiger partial charge on any atom is -0.357 e. The van der Waals surface area contributed by atoms with E-state index in [1.165, 1.54) is 6.08 Å². The lowest BCUT2D eigenvalue weighted by molar-refractivity contribution is -0.117. The van der Waals surface area contributed by atoms with Crippen molar-refractivity contribution in [1.82, 2.24) is 25.6 Å². The SMILES string of the molecule is O=C(C=Cc1cn(-c2ccccc2)nc1-c1ccccc1)NNC(=O)c1ccc[nH]1. The van der Waals surface area contributed by atoms with E-state index in [1.54, 1.807) is 29.1 Å². The fourth-order valence-corrected chi connectivity index (χ4v) is 2.91. The Labute approximate surface area is 173 Å². The molecule has 0 saturated heterocycles. The topological polar surface area (TPSA) is 91.8 Å². The van der Waals surface area contributed by atoms with Crippen molar-refractivity contribution in [1.29, 1.82) is 0 Å². The molecule has 30 heavy (non-hydrogen) atoms. The molecule has 0 fully saturated rings. The molecule has 0 aliphatic heterocycles. The van der Waals surface area contributed by atoms with E-state index in [4.69, 9.17) is 5.10 Å². The molecular formula is C23H19N5O2. The van der Waals surface area contributed by atoms with Crippen LogP contribution in [-0.2, 0) is 4.79 Å². The van der Waals surface area contributed by atoms with Crippen molar-refractivity contribution < 1.29 is 9.59 Å². The molecule has 2 aromatic carbocycles. The highest BCUT2D eigenvalue weighted by Gasteiger charge is 2.11. The predicted octanol–water partition coefficient (Wildman–Crippen LogP) is 3.34. The van der Waals surface area contributed by atoms with E-state index in [-0.39, 0.29) is 0 Å². The molecule has 7 heteroatoms. The number of rotatable bonds is 5. The van der Waals surface area contributed by atoms with E-state index < -0.39 is 11.8 Å². The van der Waals surface area contributed by atoms with Crippen LogP contribution in [-0.4, -0.2) is 26.6 Å². The number of nitrogens with one attached hydrogen (secondary N) is 3. The molecule has 0 aliphatic carbocycles. The van der Waals surface area contributed by atoms with Gasteiger partial charge in [0.05, 0.1) is 11.4 Å². The number of hydrazine groups is 1. The Morgan fingerprint density at radius 1 is 0.900 bits per heavy atom. The summed E-state index contributed by atoms with van der Waals surface area (Å²) in [5, 5.41) is 4.70. The molecular weight excluding hydrogens is 378 g/mol. The number of nitrogens with zero attached hydrogens (tertiary/aromatic N) is 2. The molecule has 2 aromatic heterocycles. The smallest absolute Gasteiger partial charge is 0.286 e. The van der Waals surface area contributed by atoms with Crippen molar-refractivity contribution in [2.75, 3.05) is 0 Å². The lowest BCUT2D eigenvalue weighted by Gasteiger charge is -2.03. The van der Waals surface area contributed by atoms with Crippen molar-refractivity contribution >= 4 is 17.9 Å². The third-order valence-corrected chi connectivity index (χ3v) is 4.37. The molecule has 0 bridgehead atoms. The van der Waals surface area contributed by atoms with Gasteiger partial charge in [-0.25, -0.2) is 4.68 Å². The first-order valence-corrected chi connectivity index (χ1v) is 9.33. The van der Waals surface area contributed by atoms with Gasteiger partial charge in [0.2, 0.25) is 0 Å². The van der Waals surface area contributed by atoms with Crippen LogP contribution in [0.1, 0.15) is 16.1 Å². The van der Waals surface area contributed by atoms with Crippen LogP contribution < -0.4 is 10.9 Å². The molecule has 2 heterocycles. The minimum absolute atomic E-state index is 0.356. The number of aromatic amines is 1. The van der Waals surface area contributed by atoms with E-state index in [2.05, 4.69) is 15.8 Å². The van der Waals surface area contributed by atoms with Crippen molar-refractivity contribution in [3.8, 4) is 16.9 Å². The van der Waals surface area contributed by atoms with Crippen LogP contribution in [0.25, 0.3) is 23.0 Å². The zero-order chi connectivity index (χ0) is 20.8. The summed E-state index contributed by atoms with van der Waals surface area (Å²) < 4.78 is 1.77. The molecule has 2 amide bonds. The molecule has 3 N–H and O–H groups in total. The molecule has 0 atom stereocenters. The zero-order valence-corrected chi connectivity index (χ0v) is 15.9. The third-order valence-electron chi connectivity index (χ3n) is 4.37. The van der Waals surface area contributed by atoms with Gasteiger partial charge in [-0.05, 0) is 30.3 Å². The van der Waals surface area contributed by atoms with Crippen LogP contribution in [0.2, 0.25) is 0 Å². The third kappa shape index (κ3) is 4.36. The van der Waals surface area contributed by atoms with Crippen molar-refractivity contribution in [3.05, 3.63) is 103 Å². The van der Waals surface area contributed by atoms with Gasteiger partial charge in [0.15, 0.2) is 0 Å². The predicted molar refractivity (Wildman–Crippen MR) is 114 cm³/mol. The Bertz CT molecular complexity index is 1160. The second kappa shape index (κ2) is 8.74. The lowest BCUT2D eigenvalue weighted by atomic mass is 10.1. The van der Waals surface area contributed by atoms with Gasteiger partial charge in [-0.2, -0.15) is 5.10 Å². The van der Waals surface area contributed by atoms with Crippen molar-refractivity contribution in [2.45, 2.75) is 0 Å². The van der Waals surface area contributed by atoms with Crippen molar-refractivity contribution in [2.24, 2.45) is 0 Å². The van der Waals surface area contributed by atoms with Gasteiger partial charge >= 0.3 is 0 Å². The number of hydrogen-bond donors (Lipinski definition) is 3. The lowest BCUT2D eigenvalue weighted by Crippen LogP contribution is -2.40. The van der Waals surface area contributed by atoms with E-state index in [1.807, 2.05) is 66.9 Å². The fraction of sp³-hybridized carbons (Fsp3) is 0. The zero-order valence-electron chi connectivity index (χ0n) is 15.9. The highest BCUT2D eigenvalue weighted by Crippen LogP contribution is 2.24. The molecule has 4 rings (SSSR count). The Morgan fingerprint density at radius 2 is 1.63 bits per heavy atom. The summed E-state index contributed by atoms with van der Waals surface area (Å²) in [6.07, 6.45) is 6.52. The van der Waals surface area contributed by atoms with E-state index >= 15 is 0 Å². The maximum atomic E-state index is 12.2. The largest absolute Gasteiger partial charge is 0.357 e. The van der Waals surface area contributed by atoms with E-state index in [9.17, 15) is 9.59 Å². The first-order chi connectivity index (χ1) is 14.7. The normalized spacial score (nSPS) is 10.8. The van der Waals surface area contributed by atoms with Gasteiger partial charge in [-0.15, -0.1) is 0 Å². The molecule has 4 aromatic rings. The number of hydrogen-bond acceptors (Lipinski definition) is 3. The Morgan fingerprint density at radius 3 is 2.33 bits per heavy atom. The summed E-state index contributed by atoms with van der Waals surface area (Å²) in [7, 11) is 0. The maximum absolute atomic E-state index is 12.2. The summed E-state index contributed by atoms with van der Waals surface area (Å²) in [4.78, 5) is 26.8. The Balaban J connectivity index is 1.54. The van der Waals surface area contributed by atoms with Gasteiger partial charge in [0.1, 0.15) is 5.69 Å². The number of amides is 2. The average molecular weight is 397 g/mol. The van der Waals surface area contributed by atoms with Crippen LogP contribution in [0, 0.1) is 0 Å². The molecule has 0 unspecified atom stereocenters. The number of para-hydroxylation sites is 1. The summed E-state index contributed by atoms with van der Waals surface area (Å²) in [6, 6.07) is 22.8. The monoisotopic (exact) mass is 397 g/mol. The first kappa shape index (κ1) is 18.9. The Kier molecular flexibility index (Phi) is 5.52. The highest BCUT2D eigenvalue weighted by molar-refractivity contribution is 5.97. The van der Waals surface area contributed by atoms with Crippen molar-refractivity contribution in [3.63, 3.8) is 0 Å². The van der Waals surface area contributed by atoms with Crippen LogP contribution in [0.3, 0.4) is 0 Å². The maximum Gasteiger partial charge on any atom is 0.286 e. The van der Waals surface area contributed by atoms with Gasteiger partial charge in [0.25, 0.3) is 11.8 Å². The summed E-state index contributed by atoms with van der Waals surface area (Å²) in [6.45, 7) is 0. The van der Waals surface area contributed by atoms with Crippen LogP contribution in [0.5, 0.6) is 0 Å². The number of aromatic nitrogens is 3. The molecule has 0 saturated carbocycles. The molecule has 0 aliphatic rings. The Hall–Kier alpha value is -4.39.